The number of benzene rings is 1. The SMILES string of the molecule is CCOC(=O)c1c2c(c(-c3ccc(Br)cc3)n1C(=O)OC(C)(C)C)CCC2. The Morgan fingerprint density at radius 3 is 2.33 bits per heavy atom. The van der Waals surface area contributed by atoms with Crippen molar-refractivity contribution in [3.63, 3.8) is 0 Å². The van der Waals surface area contributed by atoms with Gasteiger partial charge in [0.2, 0.25) is 0 Å². The molecule has 2 aromatic rings. The molecule has 1 aromatic carbocycles. The summed E-state index contributed by atoms with van der Waals surface area (Å²) in [5, 5.41) is 0. The number of hydrogen-bond acceptors (Lipinski definition) is 4. The van der Waals surface area contributed by atoms with Gasteiger partial charge in [-0.25, -0.2) is 14.2 Å². The summed E-state index contributed by atoms with van der Waals surface area (Å²) in [4.78, 5) is 25.8. The van der Waals surface area contributed by atoms with Crippen LogP contribution in [0, 0.1) is 0 Å². The van der Waals surface area contributed by atoms with Crippen LogP contribution in [-0.2, 0) is 22.3 Å². The summed E-state index contributed by atoms with van der Waals surface area (Å²) in [6.45, 7) is 7.44. The van der Waals surface area contributed by atoms with Crippen molar-refractivity contribution >= 4 is 28.0 Å². The van der Waals surface area contributed by atoms with Crippen LogP contribution in [0.3, 0.4) is 0 Å². The number of aromatic nitrogens is 1. The zero-order valence-corrected chi connectivity index (χ0v) is 17.7. The first kappa shape index (κ1) is 19.7. The highest BCUT2D eigenvalue weighted by Crippen LogP contribution is 2.38. The standard InChI is InChI=1S/C21H24BrNO4/c1-5-26-19(24)18-16-8-6-7-15(16)17(13-9-11-14(22)12-10-13)23(18)20(25)27-21(2,3)4/h9-12H,5-8H2,1-4H3. The molecule has 0 saturated carbocycles. The number of ether oxygens (including phenoxy) is 2. The molecular weight excluding hydrogens is 410 g/mol. The Balaban J connectivity index is 2.25. The van der Waals surface area contributed by atoms with Crippen molar-refractivity contribution in [2.75, 3.05) is 6.61 Å². The fraction of sp³-hybridized carbons (Fsp3) is 0.429. The molecule has 0 fully saturated rings. The monoisotopic (exact) mass is 433 g/mol. The van der Waals surface area contributed by atoms with Gasteiger partial charge in [-0.3, -0.25) is 0 Å². The lowest BCUT2D eigenvalue weighted by Crippen LogP contribution is -2.30. The number of rotatable bonds is 3. The first-order valence-corrected chi connectivity index (χ1v) is 9.95. The molecule has 5 nitrogen and oxygen atoms in total. The fourth-order valence-electron chi connectivity index (χ4n) is 3.46. The smallest absolute Gasteiger partial charge is 0.419 e. The summed E-state index contributed by atoms with van der Waals surface area (Å²) in [5.41, 5.74) is 3.17. The lowest BCUT2D eigenvalue weighted by atomic mass is 10.1. The number of carbonyl (C=O) groups is 2. The van der Waals surface area contributed by atoms with E-state index in [-0.39, 0.29) is 6.61 Å². The molecule has 6 heteroatoms. The van der Waals surface area contributed by atoms with Crippen LogP contribution in [0.4, 0.5) is 4.79 Å². The van der Waals surface area contributed by atoms with Gasteiger partial charge in [-0.05, 0) is 75.8 Å². The molecule has 0 bridgehead atoms. The number of esters is 1. The lowest BCUT2D eigenvalue weighted by molar-refractivity contribution is 0.0449. The van der Waals surface area contributed by atoms with Crippen molar-refractivity contribution in [1.82, 2.24) is 4.57 Å². The van der Waals surface area contributed by atoms with Gasteiger partial charge >= 0.3 is 12.1 Å². The summed E-state index contributed by atoms with van der Waals surface area (Å²) in [6.07, 6.45) is 1.97. The Morgan fingerprint density at radius 2 is 1.74 bits per heavy atom. The molecule has 0 amide bonds. The van der Waals surface area contributed by atoms with E-state index < -0.39 is 17.7 Å². The van der Waals surface area contributed by atoms with E-state index in [1.54, 1.807) is 6.92 Å². The minimum Gasteiger partial charge on any atom is -0.461 e. The van der Waals surface area contributed by atoms with Gasteiger partial charge < -0.3 is 9.47 Å². The average molecular weight is 434 g/mol. The van der Waals surface area contributed by atoms with E-state index in [9.17, 15) is 9.59 Å². The van der Waals surface area contributed by atoms with Crippen molar-refractivity contribution in [2.45, 2.75) is 52.6 Å². The van der Waals surface area contributed by atoms with Crippen LogP contribution in [0.25, 0.3) is 11.3 Å². The summed E-state index contributed by atoms with van der Waals surface area (Å²) in [6, 6.07) is 7.72. The number of nitrogens with zero attached hydrogens (tertiary/aromatic N) is 1. The number of halogens is 1. The van der Waals surface area contributed by atoms with Crippen molar-refractivity contribution in [3.05, 3.63) is 45.6 Å². The van der Waals surface area contributed by atoms with E-state index in [0.29, 0.717) is 5.69 Å². The van der Waals surface area contributed by atoms with E-state index in [2.05, 4.69) is 15.9 Å². The quantitative estimate of drug-likeness (QED) is 0.610. The number of carbonyl (C=O) groups excluding carboxylic acids is 2. The molecule has 144 valence electrons. The molecule has 1 aromatic heterocycles. The maximum Gasteiger partial charge on any atom is 0.419 e. The third-order valence-electron chi connectivity index (χ3n) is 4.40. The first-order chi connectivity index (χ1) is 12.7. The van der Waals surface area contributed by atoms with Crippen molar-refractivity contribution in [3.8, 4) is 11.3 Å². The van der Waals surface area contributed by atoms with Crippen LogP contribution in [-0.4, -0.2) is 28.8 Å². The van der Waals surface area contributed by atoms with Crippen LogP contribution >= 0.6 is 15.9 Å². The van der Waals surface area contributed by atoms with Crippen LogP contribution in [0.5, 0.6) is 0 Å². The number of hydrogen-bond donors (Lipinski definition) is 0. The maximum absolute atomic E-state index is 13.1. The molecule has 0 aliphatic heterocycles. The zero-order chi connectivity index (χ0) is 19.8. The third-order valence-corrected chi connectivity index (χ3v) is 4.93. The van der Waals surface area contributed by atoms with Crippen LogP contribution in [0.2, 0.25) is 0 Å². The Kier molecular flexibility index (Phi) is 5.47. The molecule has 1 aliphatic carbocycles. The molecule has 0 radical (unpaired) electrons. The third kappa shape index (κ3) is 3.95. The van der Waals surface area contributed by atoms with Gasteiger partial charge in [0.15, 0.2) is 0 Å². The highest BCUT2D eigenvalue weighted by Gasteiger charge is 2.35. The fourth-order valence-corrected chi connectivity index (χ4v) is 3.73. The van der Waals surface area contributed by atoms with Gasteiger partial charge in [0.05, 0.1) is 12.3 Å². The summed E-state index contributed by atoms with van der Waals surface area (Å²) >= 11 is 3.44. The Hall–Kier alpha value is -2.08. The molecule has 0 spiro atoms. The van der Waals surface area contributed by atoms with Crippen LogP contribution < -0.4 is 0 Å². The maximum atomic E-state index is 13.1. The highest BCUT2D eigenvalue weighted by molar-refractivity contribution is 9.10. The average Bonchev–Trinajstić information content (AvgIpc) is 3.14. The predicted octanol–water partition coefficient (Wildman–Crippen LogP) is 5.37. The lowest BCUT2D eigenvalue weighted by Gasteiger charge is -2.22. The second-order valence-corrected chi connectivity index (χ2v) is 8.47. The van der Waals surface area contributed by atoms with Gasteiger partial charge in [-0.2, -0.15) is 0 Å². The molecule has 0 saturated heterocycles. The normalized spacial score (nSPS) is 13.4. The van der Waals surface area contributed by atoms with E-state index in [4.69, 9.17) is 9.47 Å². The molecule has 1 aliphatic rings. The van der Waals surface area contributed by atoms with Gasteiger partial charge in [0.25, 0.3) is 0 Å². The molecular formula is C21H24BrNO4. The van der Waals surface area contributed by atoms with Crippen molar-refractivity contribution in [1.29, 1.82) is 0 Å². The van der Waals surface area contributed by atoms with Crippen LogP contribution in [0.15, 0.2) is 28.7 Å². The zero-order valence-electron chi connectivity index (χ0n) is 16.1. The molecule has 27 heavy (non-hydrogen) atoms. The van der Waals surface area contributed by atoms with E-state index in [1.807, 2.05) is 45.0 Å². The van der Waals surface area contributed by atoms with Crippen LogP contribution in [0.1, 0.15) is 55.7 Å². The second-order valence-electron chi connectivity index (χ2n) is 7.55. The molecule has 3 rings (SSSR count). The van der Waals surface area contributed by atoms with Gasteiger partial charge in [0.1, 0.15) is 11.3 Å². The molecule has 0 atom stereocenters. The number of fused-ring (bicyclic) bond motifs is 1. The van der Waals surface area contributed by atoms with Crippen molar-refractivity contribution in [2.24, 2.45) is 0 Å². The predicted molar refractivity (Wildman–Crippen MR) is 107 cm³/mol. The molecule has 1 heterocycles. The highest BCUT2D eigenvalue weighted by atomic mass is 79.9. The molecule has 0 unspecified atom stereocenters. The Bertz CT molecular complexity index is 875. The summed E-state index contributed by atoms with van der Waals surface area (Å²) in [7, 11) is 0. The summed E-state index contributed by atoms with van der Waals surface area (Å²) < 4.78 is 13.3. The van der Waals surface area contributed by atoms with Crippen molar-refractivity contribution < 1.29 is 19.1 Å². The second kappa shape index (κ2) is 7.50. The Labute approximate surface area is 167 Å². The van der Waals surface area contributed by atoms with Gasteiger partial charge in [-0.1, -0.05) is 28.1 Å². The van der Waals surface area contributed by atoms with Gasteiger partial charge in [0, 0.05) is 4.47 Å². The Morgan fingerprint density at radius 1 is 1.11 bits per heavy atom. The van der Waals surface area contributed by atoms with E-state index in [1.165, 1.54) is 4.57 Å². The van der Waals surface area contributed by atoms with Gasteiger partial charge in [-0.15, -0.1) is 0 Å². The topological polar surface area (TPSA) is 57.5 Å². The first-order valence-electron chi connectivity index (χ1n) is 9.15. The minimum absolute atomic E-state index is 0.251. The van der Waals surface area contributed by atoms with E-state index >= 15 is 0 Å². The summed E-state index contributed by atoms with van der Waals surface area (Å²) in [5.74, 6) is -0.482. The molecule has 0 N–H and O–H groups in total. The largest absolute Gasteiger partial charge is 0.461 e. The minimum atomic E-state index is -0.672. The van der Waals surface area contributed by atoms with E-state index in [0.717, 1.165) is 46.1 Å².